The molecule has 2 heterocycles. The molecule has 2 aromatic rings. The molecule has 1 aliphatic heterocycles. The molecule has 3 nitrogen and oxygen atoms in total. The third-order valence-electron chi connectivity index (χ3n) is 4.49. The van der Waals surface area contributed by atoms with E-state index in [0.29, 0.717) is 19.8 Å². The maximum Gasteiger partial charge on any atom is 0.0969 e. The summed E-state index contributed by atoms with van der Waals surface area (Å²) in [6.45, 7) is 3.75. The van der Waals surface area contributed by atoms with E-state index in [1.54, 1.807) is 0 Å². The fraction of sp³-hybridized carbons (Fsp3) is 0.471. The third-order valence-corrected chi connectivity index (χ3v) is 4.49. The Kier molecular flexibility index (Phi) is 4.06. The number of hydrogen-bond acceptors (Lipinski definition) is 2. The summed E-state index contributed by atoms with van der Waals surface area (Å²) in [5.74, 6) is 0. The average Bonchev–Trinajstić information content (AvgIpc) is 2.90. The first-order chi connectivity index (χ1) is 10.2. The van der Waals surface area contributed by atoms with E-state index < -0.39 is 0 Å². The quantitative estimate of drug-likeness (QED) is 0.859. The Morgan fingerprint density at radius 1 is 1.24 bits per heavy atom. The maximum atomic E-state index is 13.6. The van der Waals surface area contributed by atoms with E-state index in [1.165, 1.54) is 0 Å². The van der Waals surface area contributed by atoms with Crippen molar-refractivity contribution in [3.63, 3.8) is 0 Å². The predicted octanol–water partition coefficient (Wildman–Crippen LogP) is 3.62. The summed E-state index contributed by atoms with van der Waals surface area (Å²) in [6, 6.07) is 10.1. The van der Waals surface area contributed by atoms with Crippen LogP contribution in [0.5, 0.6) is 0 Å². The largest absolute Gasteiger partial charge is 0.381 e. The van der Waals surface area contributed by atoms with Crippen LogP contribution >= 0.6 is 0 Å². The van der Waals surface area contributed by atoms with Crippen molar-refractivity contribution in [2.75, 3.05) is 19.9 Å². The minimum absolute atomic E-state index is 0.294. The molecule has 1 aromatic heterocycles. The number of alkyl halides is 1. The summed E-state index contributed by atoms with van der Waals surface area (Å²) >= 11 is 0. The molecule has 4 heteroatoms. The minimum Gasteiger partial charge on any atom is -0.381 e. The SMILES string of the molecule is Cc1c(-c2ccccc2)ncn1CC1(CF)CCOCC1. The second-order valence-electron chi connectivity index (χ2n) is 5.92. The number of hydrogen-bond donors (Lipinski definition) is 0. The van der Waals surface area contributed by atoms with Crippen molar-refractivity contribution in [1.82, 2.24) is 9.55 Å². The van der Waals surface area contributed by atoms with E-state index in [1.807, 2.05) is 24.5 Å². The first-order valence-corrected chi connectivity index (χ1v) is 7.45. The Bertz CT molecular complexity index is 588. The van der Waals surface area contributed by atoms with Gasteiger partial charge in [-0.15, -0.1) is 0 Å². The van der Waals surface area contributed by atoms with Crippen LogP contribution in [-0.2, 0) is 11.3 Å². The fourth-order valence-corrected chi connectivity index (χ4v) is 2.98. The monoisotopic (exact) mass is 288 g/mol. The van der Waals surface area contributed by atoms with Crippen LogP contribution in [0.1, 0.15) is 18.5 Å². The Morgan fingerprint density at radius 3 is 2.62 bits per heavy atom. The molecule has 1 aromatic carbocycles. The van der Waals surface area contributed by atoms with Crippen molar-refractivity contribution in [2.45, 2.75) is 26.3 Å². The van der Waals surface area contributed by atoms with Gasteiger partial charge in [-0.2, -0.15) is 0 Å². The molecule has 0 saturated carbocycles. The number of halogens is 1. The molecule has 112 valence electrons. The molecular formula is C17H21FN2O. The zero-order valence-corrected chi connectivity index (χ0v) is 12.4. The molecule has 0 spiro atoms. The number of rotatable bonds is 4. The highest BCUT2D eigenvalue weighted by molar-refractivity contribution is 5.61. The number of aromatic nitrogens is 2. The van der Waals surface area contributed by atoms with Gasteiger partial charge in [0.2, 0.25) is 0 Å². The molecular weight excluding hydrogens is 267 g/mol. The Hall–Kier alpha value is -1.68. The van der Waals surface area contributed by atoms with Crippen LogP contribution in [0.2, 0.25) is 0 Å². The van der Waals surface area contributed by atoms with Gasteiger partial charge in [0.25, 0.3) is 0 Å². The molecule has 0 amide bonds. The van der Waals surface area contributed by atoms with E-state index >= 15 is 0 Å². The lowest BCUT2D eigenvalue weighted by atomic mass is 9.81. The zero-order chi connectivity index (χ0) is 14.7. The highest BCUT2D eigenvalue weighted by Gasteiger charge is 2.33. The number of nitrogens with zero attached hydrogens (tertiary/aromatic N) is 2. The van der Waals surface area contributed by atoms with Crippen molar-refractivity contribution in [1.29, 1.82) is 0 Å². The van der Waals surface area contributed by atoms with Crippen LogP contribution in [0.15, 0.2) is 36.7 Å². The number of benzene rings is 1. The third kappa shape index (κ3) is 2.86. The Balaban J connectivity index is 1.85. The molecule has 1 aliphatic rings. The van der Waals surface area contributed by atoms with Crippen LogP contribution in [0.4, 0.5) is 4.39 Å². The Morgan fingerprint density at radius 2 is 1.95 bits per heavy atom. The summed E-state index contributed by atoms with van der Waals surface area (Å²) in [7, 11) is 0. The van der Waals surface area contributed by atoms with Crippen molar-refractivity contribution in [2.24, 2.45) is 5.41 Å². The van der Waals surface area contributed by atoms with Crippen LogP contribution in [0.3, 0.4) is 0 Å². The lowest BCUT2D eigenvalue weighted by Crippen LogP contribution is -2.35. The summed E-state index contributed by atoms with van der Waals surface area (Å²) < 4.78 is 21.1. The van der Waals surface area contributed by atoms with Gasteiger partial charge in [0.05, 0.1) is 18.7 Å². The normalized spacial score (nSPS) is 17.8. The van der Waals surface area contributed by atoms with E-state index in [0.717, 1.165) is 29.8 Å². The highest BCUT2D eigenvalue weighted by Crippen LogP contribution is 2.34. The summed E-state index contributed by atoms with van der Waals surface area (Å²) in [5.41, 5.74) is 2.89. The molecule has 0 radical (unpaired) electrons. The molecule has 0 N–H and O–H groups in total. The Labute approximate surface area is 124 Å². The molecule has 0 aliphatic carbocycles. The molecule has 1 saturated heterocycles. The van der Waals surface area contributed by atoms with Gasteiger partial charge in [0, 0.05) is 36.4 Å². The second-order valence-corrected chi connectivity index (χ2v) is 5.92. The minimum atomic E-state index is -0.297. The van der Waals surface area contributed by atoms with E-state index in [-0.39, 0.29) is 12.1 Å². The van der Waals surface area contributed by atoms with Gasteiger partial charge in [-0.1, -0.05) is 30.3 Å². The van der Waals surface area contributed by atoms with Gasteiger partial charge >= 0.3 is 0 Å². The first kappa shape index (κ1) is 14.3. The lowest BCUT2D eigenvalue weighted by molar-refractivity contribution is -0.00767. The maximum absolute atomic E-state index is 13.6. The van der Waals surface area contributed by atoms with Crippen molar-refractivity contribution in [3.8, 4) is 11.3 Å². The average molecular weight is 288 g/mol. The van der Waals surface area contributed by atoms with Crippen molar-refractivity contribution in [3.05, 3.63) is 42.4 Å². The van der Waals surface area contributed by atoms with Gasteiger partial charge in [-0.3, -0.25) is 4.39 Å². The van der Waals surface area contributed by atoms with Gasteiger partial charge in [-0.05, 0) is 19.8 Å². The van der Waals surface area contributed by atoms with E-state index in [9.17, 15) is 4.39 Å². The van der Waals surface area contributed by atoms with Gasteiger partial charge in [-0.25, -0.2) is 4.98 Å². The van der Waals surface area contributed by atoms with Crippen LogP contribution in [0, 0.1) is 12.3 Å². The molecule has 3 rings (SSSR count). The molecule has 0 bridgehead atoms. The number of ether oxygens (including phenoxy) is 1. The lowest BCUT2D eigenvalue weighted by Gasteiger charge is -2.35. The predicted molar refractivity (Wildman–Crippen MR) is 80.9 cm³/mol. The number of imidazole rings is 1. The van der Waals surface area contributed by atoms with Crippen molar-refractivity contribution >= 4 is 0 Å². The van der Waals surface area contributed by atoms with Gasteiger partial charge < -0.3 is 9.30 Å². The smallest absolute Gasteiger partial charge is 0.0969 e. The first-order valence-electron chi connectivity index (χ1n) is 7.45. The van der Waals surface area contributed by atoms with E-state index in [2.05, 4.69) is 28.6 Å². The zero-order valence-electron chi connectivity index (χ0n) is 12.4. The van der Waals surface area contributed by atoms with Crippen LogP contribution in [0.25, 0.3) is 11.3 Å². The summed E-state index contributed by atoms with van der Waals surface area (Å²) in [4.78, 5) is 4.53. The van der Waals surface area contributed by atoms with Gasteiger partial charge in [0.15, 0.2) is 0 Å². The highest BCUT2D eigenvalue weighted by atomic mass is 19.1. The van der Waals surface area contributed by atoms with E-state index in [4.69, 9.17) is 4.74 Å². The standard InChI is InChI=1S/C17H21FN2O/c1-14-16(15-5-3-2-4-6-15)19-13-20(14)12-17(11-18)7-9-21-10-8-17/h2-6,13H,7-12H2,1H3. The topological polar surface area (TPSA) is 27.1 Å². The van der Waals surface area contributed by atoms with Crippen LogP contribution < -0.4 is 0 Å². The van der Waals surface area contributed by atoms with Gasteiger partial charge in [0.1, 0.15) is 0 Å². The molecule has 1 fully saturated rings. The summed E-state index contributed by atoms with van der Waals surface area (Å²) in [6.07, 6.45) is 3.40. The fourth-order valence-electron chi connectivity index (χ4n) is 2.98. The molecule has 0 atom stereocenters. The molecule has 21 heavy (non-hydrogen) atoms. The molecule has 0 unspecified atom stereocenters. The second kappa shape index (κ2) is 5.98. The van der Waals surface area contributed by atoms with Crippen LogP contribution in [-0.4, -0.2) is 29.4 Å². The summed E-state index contributed by atoms with van der Waals surface area (Å²) in [5, 5.41) is 0. The van der Waals surface area contributed by atoms with Crippen molar-refractivity contribution < 1.29 is 9.13 Å².